The lowest BCUT2D eigenvalue weighted by Gasteiger charge is -2.39. The Balaban J connectivity index is 1.77. The maximum Gasteiger partial charge on any atom is 0.244 e. The Labute approximate surface area is 144 Å². The first-order valence-corrected chi connectivity index (χ1v) is 8.64. The third-order valence-electron chi connectivity index (χ3n) is 4.91. The summed E-state index contributed by atoms with van der Waals surface area (Å²) in [5.41, 5.74) is 5.95. The van der Waals surface area contributed by atoms with Crippen LogP contribution in [0, 0.1) is 20.8 Å². The van der Waals surface area contributed by atoms with Crippen LogP contribution in [0.3, 0.4) is 0 Å². The summed E-state index contributed by atoms with van der Waals surface area (Å²) < 4.78 is 0. The van der Waals surface area contributed by atoms with Crippen molar-refractivity contribution in [3.8, 4) is 0 Å². The second kappa shape index (κ2) is 6.78. The molecular weight excluding hydrogens is 296 g/mol. The number of aryl methyl sites for hydroxylation is 3. The molecular formula is C21H26N2O. The van der Waals surface area contributed by atoms with Gasteiger partial charge in [0.25, 0.3) is 0 Å². The Morgan fingerprint density at radius 1 is 1.00 bits per heavy atom. The van der Waals surface area contributed by atoms with Crippen molar-refractivity contribution in [2.24, 2.45) is 0 Å². The van der Waals surface area contributed by atoms with Crippen LogP contribution in [0.4, 0.5) is 5.69 Å². The first-order chi connectivity index (χ1) is 11.5. The van der Waals surface area contributed by atoms with Gasteiger partial charge in [0.2, 0.25) is 5.91 Å². The monoisotopic (exact) mass is 322 g/mol. The van der Waals surface area contributed by atoms with Crippen molar-refractivity contribution in [3.63, 3.8) is 0 Å². The van der Waals surface area contributed by atoms with Crippen LogP contribution in [0.15, 0.2) is 42.5 Å². The second-order valence-corrected chi connectivity index (χ2v) is 6.92. The zero-order valence-electron chi connectivity index (χ0n) is 15.0. The van der Waals surface area contributed by atoms with Crippen LogP contribution in [0.1, 0.15) is 29.2 Å². The minimum Gasteiger partial charge on any atom is -0.310 e. The molecule has 1 aliphatic heterocycles. The van der Waals surface area contributed by atoms with Gasteiger partial charge in [-0.3, -0.25) is 9.69 Å². The zero-order chi connectivity index (χ0) is 17.3. The van der Waals surface area contributed by atoms with Gasteiger partial charge >= 0.3 is 0 Å². The molecule has 2 aromatic rings. The van der Waals surface area contributed by atoms with E-state index in [4.69, 9.17) is 0 Å². The number of anilines is 1. The van der Waals surface area contributed by atoms with Gasteiger partial charge in [0.15, 0.2) is 0 Å². The zero-order valence-corrected chi connectivity index (χ0v) is 15.0. The normalized spacial score (nSPS) is 18.9. The van der Waals surface area contributed by atoms with E-state index in [1.165, 1.54) is 16.7 Å². The van der Waals surface area contributed by atoms with E-state index in [9.17, 15) is 4.79 Å². The summed E-state index contributed by atoms with van der Waals surface area (Å²) in [6.45, 7) is 10.8. The molecule has 1 aliphatic rings. The van der Waals surface area contributed by atoms with E-state index in [1.807, 2.05) is 11.8 Å². The van der Waals surface area contributed by atoms with Crippen molar-refractivity contribution in [2.45, 2.75) is 40.3 Å². The van der Waals surface area contributed by atoms with Crippen molar-refractivity contribution in [1.29, 1.82) is 0 Å². The summed E-state index contributed by atoms with van der Waals surface area (Å²) >= 11 is 0. The molecule has 1 fully saturated rings. The van der Waals surface area contributed by atoms with Crippen LogP contribution < -0.4 is 4.90 Å². The number of piperazine rings is 1. The number of rotatable bonds is 3. The number of benzene rings is 2. The molecule has 1 saturated heterocycles. The van der Waals surface area contributed by atoms with E-state index in [0.717, 1.165) is 30.9 Å². The molecule has 2 aromatic carbocycles. The van der Waals surface area contributed by atoms with Gasteiger partial charge in [0, 0.05) is 25.3 Å². The molecule has 0 unspecified atom stereocenters. The molecule has 1 amide bonds. The van der Waals surface area contributed by atoms with Crippen LogP contribution in [0.5, 0.6) is 0 Å². The van der Waals surface area contributed by atoms with Crippen LogP contribution in [-0.2, 0) is 11.3 Å². The minimum atomic E-state index is -0.0980. The summed E-state index contributed by atoms with van der Waals surface area (Å²) in [6, 6.07) is 14.8. The Bertz CT molecular complexity index is 753. The van der Waals surface area contributed by atoms with Crippen molar-refractivity contribution in [3.05, 3.63) is 64.7 Å². The minimum absolute atomic E-state index is 0.0980. The molecule has 0 aliphatic carbocycles. The fraction of sp³-hybridized carbons (Fsp3) is 0.381. The van der Waals surface area contributed by atoms with E-state index in [0.29, 0.717) is 0 Å². The first kappa shape index (κ1) is 16.7. The predicted octanol–water partition coefficient (Wildman–Crippen LogP) is 3.85. The van der Waals surface area contributed by atoms with Crippen LogP contribution in [-0.4, -0.2) is 29.9 Å². The SMILES string of the molecule is Cc1cccc(CN2CCN(c3cc(C)ccc3C)C(=O)[C@H]2C)c1. The van der Waals surface area contributed by atoms with Gasteiger partial charge in [0.05, 0.1) is 6.04 Å². The third-order valence-corrected chi connectivity index (χ3v) is 4.91. The number of hydrogen-bond donors (Lipinski definition) is 0. The topological polar surface area (TPSA) is 23.6 Å². The Hall–Kier alpha value is -2.13. The highest BCUT2D eigenvalue weighted by molar-refractivity contribution is 5.98. The molecule has 3 heteroatoms. The van der Waals surface area contributed by atoms with Gasteiger partial charge in [-0.25, -0.2) is 0 Å². The van der Waals surface area contributed by atoms with Gasteiger partial charge in [0.1, 0.15) is 0 Å². The fourth-order valence-corrected chi connectivity index (χ4v) is 3.42. The highest BCUT2D eigenvalue weighted by atomic mass is 16.2. The molecule has 3 rings (SSSR count). The maximum atomic E-state index is 12.9. The van der Waals surface area contributed by atoms with E-state index >= 15 is 0 Å². The lowest BCUT2D eigenvalue weighted by molar-refractivity contribution is -0.125. The predicted molar refractivity (Wildman–Crippen MR) is 99.3 cm³/mol. The molecule has 0 bridgehead atoms. The summed E-state index contributed by atoms with van der Waals surface area (Å²) in [6.07, 6.45) is 0. The first-order valence-electron chi connectivity index (χ1n) is 8.64. The van der Waals surface area contributed by atoms with E-state index in [2.05, 4.69) is 68.1 Å². The summed E-state index contributed by atoms with van der Waals surface area (Å²) in [5, 5.41) is 0. The number of amides is 1. The van der Waals surface area contributed by atoms with Gasteiger partial charge in [-0.05, 0) is 50.5 Å². The molecule has 1 heterocycles. The molecule has 0 saturated carbocycles. The van der Waals surface area contributed by atoms with Crippen molar-refractivity contribution in [1.82, 2.24) is 4.90 Å². The largest absolute Gasteiger partial charge is 0.310 e. The average Bonchev–Trinajstić information content (AvgIpc) is 2.55. The Morgan fingerprint density at radius 2 is 1.75 bits per heavy atom. The van der Waals surface area contributed by atoms with Gasteiger partial charge in [-0.2, -0.15) is 0 Å². The molecule has 1 atom stereocenters. The fourth-order valence-electron chi connectivity index (χ4n) is 3.42. The molecule has 0 spiro atoms. The van der Waals surface area contributed by atoms with Gasteiger partial charge < -0.3 is 4.90 Å². The van der Waals surface area contributed by atoms with Crippen molar-refractivity contribution < 1.29 is 4.79 Å². The number of carbonyl (C=O) groups excluding carboxylic acids is 1. The maximum absolute atomic E-state index is 12.9. The van der Waals surface area contributed by atoms with Crippen LogP contribution in [0.2, 0.25) is 0 Å². The van der Waals surface area contributed by atoms with Crippen LogP contribution in [0.25, 0.3) is 0 Å². The smallest absolute Gasteiger partial charge is 0.244 e. The van der Waals surface area contributed by atoms with E-state index < -0.39 is 0 Å². The Kier molecular flexibility index (Phi) is 4.72. The van der Waals surface area contributed by atoms with Crippen LogP contribution >= 0.6 is 0 Å². The molecule has 3 nitrogen and oxygen atoms in total. The summed E-state index contributed by atoms with van der Waals surface area (Å²) in [7, 11) is 0. The quantitative estimate of drug-likeness (QED) is 0.857. The standard InChI is InChI=1S/C21H26N2O/c1-15-6-5-7-19(12-15)14-22-10-11-23(21(24)18(22)4)20-13-16(2)8-9-17(20)3/h5-9,12-13,18H,10-11,14H2,1-4H3/t18-/m1/s1. The second-order valence-electron chi connectivity index (χ2n) is 6.92. The lowest BCUT2D eigenvalue weighted by atomic mass is 10.1. The third kappa shape index (κ3) is 3.36. The van der Waals surface area contributed by atoms with Crippen molar-refractivity contribution >= 4 is 11.6 Å². The van der Waals surface area contributed by atoms with E-state index in [1.54, 1.807) is 0 Å². The van der Waals surface area contributed by atoms with Gasteiger partial charge in [-0.1, -0.05) is 42.0 Å². The van der Waals surface area contributed by atoms with Gasteiger partial charge in [-0.15, -0.1) is 0 Å². The highest BCUT2D eigenvalue weighted by Gasteiger charge is 2.32. The number of hydrogen-bond acceptors (Lipinski definition) is 2. The molecule has 24 heavy (non-hydrogen) atoms. The summed E-state index contributed by atoms with van der Waals surface area (Å²) in [5.74, 6) is 0.197. The summed E-state index contributed by atoms with van der Waals surface area (Å²) in [4.78, 5) is 17.2. The Morgan fingerprint density at radius 3 is 2.50 bits per heavy atom. The van der Waals surface area contributed by atoms with Crippen molar-refractivity contribution in [2.75, 3.05) is 18.0 Å². The molecule has 126 valence electrons. The highest BCUT2D eigenvalue weighted by Crippen LogP contribution is 2.26. The molecule has 0 radical (unpaired) electrons. The average molecular weight is 322 g/mol. The number of carbonyl (C=O) groups is 1. The lowest BCUT2D eigenvalue weighted by Crippen LogP contribution is -2.55. The van der Waals surface area contributed by atoms with E-state index in [-0.39, 0.29) is 11.9 Å². The molecule has 0 N–H and O–H groups in total. The number of nitrogens with zero attached hydrogens (tertiary/aromatic N) is 2. The molecule has 0 aromatic heterocycles.